The topological polar surface area (TPSA) is 67.2 Å². The molecule has 0 unspecified atom stereocenters. The van der Waals surface area contributed by atoms with Crippen molar-refractivity contribution in [2.45, 2.75) is 13.8 Å². The summed E-state index contributed by atoms with van der Waals surface area (Å²) in [5.41, 5.74) is 3.64. The molecule has 6 nitrogen and oxygen atoms in total. The van der Waals surface area contributed by atoms with Crippen molar-refractivity contribution in [3.05, 3.63) is 65.8 Å². The van der Waals surface area contributed by atoms with Gasteiger partial charge in [0.25, 0.3) is 11.8 Å². The van der Waals surface area contributed by atoms with Crippen LogP contribution in [0.15, 0.2) is 48.8 Å². The Morgan fingerprint density at radius 2 is 2.12 bits per heavy atom. The molecule has 1 fully saturated rings. The summed E-state index contributed by atoms with van der Waals surface area (Å²) < 4.78 is 2.02. The van der Waals surface area contributed by atoms with Gasteiger partial charge in [0.15, 0.2) is 5.11 Å². The lowest BCUT2D eigenvalue weighted by molar-refractivity contribution is -0.128. The Hall–Kier alpha value is -3.06. The van der Waals surface area contributed by atoms with Gasteiger partial charge < -0.3 is 4.57 Å². The van der Waals surface area contributed by atoms with Crippen LogP contribution in [0.25, 0.3) is 11.8 Å². The Bertz CT molecular complexity index is 944. The molecule has 2 aromatic heterocycles. The number of carbonyl (C=O) groups is 2. The van der Waals surface area contributed by atoms with Gasteiger partial charge in [-0.15, -0.1) is 6.58 Å². The molecule has 0 radical (unpaired) electrons. The third-order valence-electron chi connectivity index (χ3n) is 4.17. The summed E-state index contributed by atoms with van der Waals surface area (Å²) in [6, 6.07) is 5.74. The summed E-state index contributed by atoms with van der Waals surface area (Å²) in [6.45, 7) is 7.76. The average Bonchev–Trinajstić information content (AvgIpc) is 2.89. The van der Waals surface area contributed by atoms with Crippen LogP contribution in [-0.2, 0) is 9.59 Å². The van der Waals surface area contributed by atoms with E-state index < -0.39 is 11.8 Å². The molecule has 0 atom stereocenters. The fourth-order valence-corrected chi connectivity index (χ4v) is 3.21. The van der Waals surface area contributed by atoms with Gasteiger partial charge in [0.2, 0.25) is 0 Å². The summed E-state index contributed by atoms with van der Waals surface area (Å²) in [5.74, 6) is -0.920. The molecular weight excluding hydrogens is 348 g/mol. The molecule has 0 saturated carbocycles. The number of aryl methyl sites for hydroxylation is 1. The minimum absolute atomic E-state index is 0.0480. The molecule has 0 spiro atoms. The summed E-state index contributed by atoms with van der Waals surface area (Å²) in [5, 5.41) is 2.65. The van der Waals surface area contributed by atoms with Crippen LogP contribution in [0.1, 0.15) is 17.0 Å². The lowest BCUT2D eigenvalue weighted by Crippen LogP contribution is -2.53. The second kappa shape index (κ2) is 7.05. The number of nitrogens with one attached hydrogen (secondary N) is 1. The van der Waals surface area contributed by atoms with Gasteiger partial charge >= 0.3 is 0 Å². The number of nitrogens with zero attached hydrogens (tertiary/aromatic N) is 3. The number of amides is 2. The maximum atomic E-state index is 12.7. The van der Waals surface area contributed by atoms with Crippen LogP contribution < -0.4 is 5.32 Å². The molecule has 1 saturated heterocycles. The molecule has 0 aromatic carbocycles. The van der Waals surface area contributed by atoms with E-state index in [1.54, 1.807) is 24.5 Å². The van der Waals surface area contributed by atoms with Crippen molar-refractivity contribution < 1.29 is 9.59 Å². The summed E-state index contributed by atoms with van der Waals surface area (Å²) in [4.78, 5) is 30.4. The zero-order chi connectivity index (χ0) is 18.8. The van der Waals surface area contributed by atoms with Crippen molar-refractivity contribution >= 4 is 35.2 Å². The maximum Gasteiger partial charge on any atom is 0.265 e. The Kier molecular flexibility index (Phi) is 4.81. The number of hydrogen-bond acceptors (Lipinski definition) is 4. The fourth-order valence-electron chi connectivity index (χ4n) is 2.96. The predicted octanol–water partition coefficient (Wildman–Crippen LogP) is 2.30. The van der Waals surface area contributed by atoms with Gasteiger partial charge in [0.1, 0.15) is 5.57 Å². The normalized spacial score (nSPS) is 16.2. The molecule has 2 aromatic rings. The van der Waals surface area contributed by atoms with E-state index in [-0.39, 0.29) is 17.2 Å². The zero-order valence-electron chi connectivity index (χ0n) is 14.5. The first-order chi connectivity index (χ1) is 12.4. The van der Waals surface area contributed by atoms with Gasteiger partial charge in [0.05, 0.1) is 11.9 Å². The summed E-state index contributed by atoms with van der Waals surface area (Å²) in [7, 11) is 0. The van der Waals surface area contributed by atoms with Gasteiger partial charge in [-0.1, -0.05) is 6.08 Å². The van der Waals surface area contributed by atoms with E-state index in [1.807, 2.05) is 36.6 Å². The number of thiocarbonyl (C=S) groups is 1. The van der Waals surface area contributed by atoms with E-state index in [2.05, 4.69) is 16.9 Å². The highest BCUT2D eigenvalue weighted by Crippen LogP contribution is 2.23. The molecule has 1 aliphatic rings. The van der Waals surface area contributed by atoms with Crippen molar-refractivity contribution in [3.8, 4) is 5.69 Å². The van der Waals surface area contributed by atoms with Crippen LogP contribution in [0, 0.1) is 13.8 Å². The third kappa shape index (κ3) is 3.09. The van der Waals surface area contributed by atoms with Crippen molar-refractivity contribution in [1.82, 2.24) is 19.8 Å². The minimum Gasteiger partial charge on any atom is -0.316 e. The Labute approximate surface area is 156 Å². The molecule has 2 amide bonds. The van der Waals surface area contributed by atoms with E-state index in [4.69, 9.17) is 12.2 Å². The lowest BCUT2D eigenvalue weighted by Gasteiger charge is -2.27. The number of carbonyl (C=O) groups excluding carboxylic acids is 2. The smallest absolute Gasteiger partial charge is 0.265 e. The van der Waals surface area contributed by atoms with Gasteiger partial charge in [-0.25, -0.2) is 0 Å². The Balaban J connectivity index is 2.05. The van der Waals surface area contributed by atoms with Crippen molar-refractivity contribution in [3.63, 3.8) is 0 Å². The van der Waals surface area contributed by atoms with Crippen LogP contribution >= 0.6 is 12.2 Å². The summed E-state index contributed by atoms with van der Waals surface area (Å²) in [6.07, 6.45) is 6.64. The molecular formula is C19H18N4O2S. The number of aromatic nitrogens is 2. The van der Waals surface area contributed by atoms with E-state index in [0.717, 1.165) is 22.6 Å². The monoisotopic (exact) mass is 366 g/mol. The molecule has 26 heavy (non-hydrogen) atoms. The molecule has 3 rings (SSSR count). The first-order valence-corrected chi connectivity index (χ1v) is 8.44. The molecule has 3 heterocycles. The molecule has 1 aliphatic heterocycles. The predicted molar refractivity (Wildman–Crippen MR) is 104 cm³/mol. The standard InChI is InChI=1S/C19H18N4O2S/c1-4-8-22-18(25)16(17(24)21-19(22)26)10-14-9-12(2)23(13(14)3)15-6-5-7-20-11-15/h4-7,9-11H,1,8H2,2-3H3,(H,21,24,26)/b16-10+. The van der Waals surface area contributed by atoms with Crippen molar-refractivity contribution in [1.29, 1.82) is 0 Å². The molecule has 0 bridgehead atoms. The van der Waals surface area contributed by atoms with E-state index in [0.29, 0.717) is 0 Å². The lowest BCUT2D eigenvalue weighted by atomic mass is 10.1. The largest absolute Gasteiger partial charge is 0.316 e. The Morgan fingerprint density at radius 1 is 1.35 bits per heavy atom. The zero-order valence-corrected chi connectivity index (χ0v) is 15.3. The van der Waals surface area contributed by atoms with E-state index in [9.17, 15) is 9.59 Å². The average molecular weight is 366 g/mol. The van der Waals surface area contributed by atoms with Crippen LogP contribution in [0.4, 0.5) is 0 Å². The van der Waals surface area contributed by atoms with E-state index >= 15 is 0 Å². The second-order valence-electron chi connectivity index (χ2n) is 5.89. The van der Waals surface area contributed by atoms with Crippen molar-refractivity contribution in [2.75, 3.05) is 6.54 Å². The van der Waals surface area contributed by atoms with Gasteiger partial charge in [-0.2, -0.15) is 0 Å². The quantitative estimate of drug-likeness (QED) is 0.390. The van der Waals surface area contributed by atoms with Crippen LogP contribution in [0.2, 0.25) is 0 Å². The molecule has 1 N–H and O–H groups in total. The highest BCUT2D eigenvalue weighted by atomic mass is 32.1. The highest BCUT2D eigenvalue weighted by Gasteiger charge is 2.32. The molecule has 0 aliphatic carbocycles. The first kappa shape index (κ1) is 17.8. The van der Waals surface area contributed by atoms with Crippen molar-refractivity contribution in [2.24, 2.45) is 0 Å². The van der Waals surface area contributed by atoms with E-state index in [1.165, 1.54) is 4.90 Å². The Morgan fingerprint density at radius 3 is 2.77 bits per heavy atom. The maximum absolute atomic E-state index is 12.7. The van der Waals surface area contributed by atoms with Gasteiger partial charge in [0, 0.05) is 24.1 Å². The molecule has 7 heteroatoms. The van der Waals surface area contributed by atoms with Gasteiger partial charge in [-0.05, 0) is 55.9 Å². The van der Waals surface area contributed by atoms with Crippen LogP contribution in [0.5, 0.6) is 0 Å². The van der Waals surface area contributed by atoms with Gasteiger partial charge in [-0.3, -0.25) is 24.8 Å². The number of hydrogen-bond donors (Lipinski definition) is 1. The fraction of sp³-hybridized carbons (Fsp3) is 0.158. The summed E-state index contributed by atoms with van der Waals surface area (Å²) >= 11 is 5.07. The highest BCUT2D eigenvalue weighted by molar-refractivity contribution is 7.80. The first-order valence-electron chi connectivity index (χ1n) is 8.03. The third-order valence-corrected chi connectivity index (χ3v) is 4.49. The second-order valence-corrected chi connectivity index (χ2v) is 6.28. The van der Waals surface area contributed by atoms with Crippen LogP contribution in [0.3, 0.4) is 0 Å². The number of pyridine rings is 1. The molecule has 132 valence electrons. The minimum atomic E-state index is -0.494. The van der Waals surface area contributed by atoms with Crippen LogP contribution in [-0.4, -0.2) is 37.9 Å². The number of rotatable bonds is 4. The SMILES string of the molecule is C=CCN1C(=O)/C(=C/c2cc(C)n(-c3cccnc3)c2C)C(=O)NC1=S.